The van der Waals surface area contributed by atoms with Gasteiger partial charge in [0.05, 0.1) is 31.5 Å². The van der Waals surface area contributed by atoms with Crippen molar-refractivity contribution in [1.82, 2.24) is 4.98 Å². The molecule has 0 bridgehead atoms. The van der Waals surface area contributed by atoms with Crippen LogP contribution in [0.15, 0.2) is 54.6 Å². The highest BCUT2D eigenvalue weighted by Gasteiger charge is 2.16. The minimum Gasteiger partial charge on any atom is -0.493 e. The summed E-state index contributed by atoms with van der Waals surface area (Å²) >= 11 is 7.36. The Hall–Kier alpha value is -4.08. The molecule has 4 aromatic rings. The highest BCUT2D eigenvalue weighted by atomic mass is 35.5. The molecule has 0 aliphatic carbocycles. The highest BCUT2D eigenvalue weighted by molar-refractivity contribution is 7.22. The van der Waals surface area contributed by atoms with E-state index in [1.807, 2.05) is 25.1 Å². The number of thiazole rings is 1. The van der Waals surface area contributed by atoms with Crippen molar-refractivity contribution >= 4 is 56.1 Å². The molecule has 0 atom stereocenters. The van der Waals surface area contributed by atoms with Crippen LogP contribution in [0.3, 0.4) is 0 Å². The molecule has 0 fully saturated rings. The number of nitrogens with zero attached hydrogens (tertiary/aromatic N) is 1. The number of halogens is 1. The van der Waals surface area contributed by atoms with Gasteiger partial charge < -0.3 is 18.9 Å². The number of carbonyl (C=O) groups excluding carboxylic acids is 2. The van der Waals surface area contributed by atoms with Crippen LogP contribution in [0, 0.1) is 6.92 Å². The van der Waals surface area contributed by atoms with Gasteiger partial charge in [-0.05, 0) is 60.5 Å². The maximum atomic E-state index is 12.8. The molecule has 1 N–H and O–H groups in total. The number of fused-ring (bicyclic) bond motifs is 1. The second-order valence-electron chi connectivity index (χ2n) is 8.10. The Labute approximate surface area is 228 Å². The van der Waals surface area contributed by atoms with Crippen LogP contribution in [0.4, 0.5) is 5.13 Å². The van der Waals surface area contributed by atoms with Crippen molar-refractivity contribution in [3.8, 4) is 23.0 Å². The van der Waals surface area contributed by atoms with Gasteiger partial charge in [0.1, 0.15) is 5.75 Å². The summed E-state index contributed by atoms with van der Waals surface area (Å²) in [6, 6.07) is 14.0. The lowest BCUT2D eigenvalue weighted by Crippen LogP contribution is -2.20. The van der Waals surface area contributed by atoms with Gasteiger partial charge in [0.25, 0.3) is 5.91 Å². The van der Waals surface area contributed by atoms with E-state index < -0.39 is 0 Å². The minimum absolute atomic E-state index is 0.199. The van der Waals surface area contributed by atoms with E-state index in [-0.39, 0.29) is 18.3 Å². The summed E-state index contributed by atoms with van der Waals surface area (Å²) < 4.78 is 22.6. The molecule has 0 aliphatic rings. The number of aryl methyl sites for hydroxylation is 1. The molecule has 3 aromatic carbocycles. The topological polar surface area (TPSA) is 96.0 Å². The molecule has 196 valence electrons. The number of allylic oxidation sites excluding steroid dienone is 1. The molecule has 0 radical (unpaired) electrons. The second-order valence-corrected chi connectivity index (χ2v) is 9.57. The fourth-order valence-corrected chi connectivity index (χ4v) is 4.65. The van der Waals surface area contributed by atoms with Crippen LogP contribution >= 0.6 is 22.9 Å². The van der Waals surface area contributed by atoms with E-state index in [1.165, 1.54) is 38.7 Å². The number of hydrogen-bond donors (Lipinski definition) is 1. The number of ether oxygens (including phenoxy) is 4. The van der Waals surface area contributed by atoms with Gasteiger partial charge in [0.15, 0.2) is 29.0 Å². The molecule has 1 aromatic heterocycles. The first-order chi connectivity index (χ1) is 18.3. The van der Waals surface area contributed by atoms with E-state index in [1.54, 1.807) is 36.4 Å². The predicted octanol–water partition coefficient (Wildman–Crippen LogP) is 6.20. The Balaban J connectivity index is 1.42. The summed E-state index contributed by atoms with van der Waals surface area (Å²) in [6.45, 7) is 1.67. The van der Waals surface area contributed by atoms with Crippen LogP contribution in [0.1, 0.15) is 21.5 Å². The molecular weight excluding hydrogens is 528 g/mol. The zero-order valence-electron chi connectivity index (χ0n) is 21.2. The summed E-state index contributed by atoms with van der Waals surface area (Å²) in [5, 5.41) is 3.80. The quantitative estimate of drug-likeness (QED) is 0.185. The van der Waals surface area contributed by atoms with Crippen LogP contribution in [0.25, 0.3) is 16.3 Å². The van der Waals surface area contributed by atoms with Crippen LogP contribution in [-0.2, 0) is 4.79 Å². The zero-order chi connectivity index (χ0) is 27.2. The first-order valence-corrected chi connectivity index (χ1v) is 12.6. The number of hydrogen-bond acceptors (Lipinski definition) is 8. The Kier molecular flexibility index (Phi) is 8.50. The minimum atomic E-state index is -0.340. The van der Waals surface area contributed by atoms with E-state index in [2.05, 4.69) is 10.3 Å². The Morgan fingerprint density at radius 1 is 0.974 bits per heavy atom. The van der Waals surface area contributed by atoms with Crippen LogP contribution < -0.4 is 24.3 Å². The molecule has 0 spiro atoms. The normalized spacial score (nSPS) is 11.0. The van der Waals surface area contributed by atoms with Crippen molar-refractivity contribution in [2.75, 3.05) is 33.3 Å². The maximum Gasteiger partial charge on any atom is 0.264 e. The Morgan fingerprint density at radius 2 is 1.71 bits per heavy atom. The van der Waals surface area contributed by atoms with Crippen molar-refractivity contribution in [3.63, 3.8) is 0 Å². The smallest absolute Gasteiger partial charge is 0.264 e. The molecule has 1 amide bonds. The molecule has 8 nitrogen and oxygen atoms in total. The number of methoxy groups -OCH3 is 3. The Morgan fingerprint density at radius 3 is 2.39 bits per heavy atom. The molecule has 0 aliphatic heterocycles. The summed E-state index contributed by atoms with van der Waals surface area (Å²) in [5.74, 6) is 1.13. The largest absolute Gasteiger partial charge is 0.493 e. The third-order valence-corrected chi connectivity index (χ3v) is 6.73. The second kappa shape index (κ2) is 12.0. The molecule has 1 heterocycles. The number of carbonyl (C=O) groups is 2. The highest BCUT2D eigenvalue weighted by Crippen LogP contribution is 2.38. The molecule has 10 heteroatoms. The van der Waals surface area contributed by atoms with Gasteiger partial charge in [0.2, 0.25) is 5.75 Å². The van der Waals surface area contributed by atoms with Crippen molar-refractivity contribution in [2.45, 2.75) is 6.92 Å². The van der Waals surface area contributed by atoms with Gasteiger partial charge in [-0.15, -0.1) is 0 Å². The van der Waals surface area contributed by atoms with Crippen LogP contribution in [0.2, 0.25) is 5.02 Å². The molecule has 4 rings (SSSR count). The van der Waals surface area contributed by atoms with Crippen molar-refractivity contribution < 1.29 is 28.5 Å². The number of aromatic nitrogens is 1. The SMILES string of the molecule is COc1cc(C(=O)/C=C/c2ccc(C)c(OCC(=O)Nc3nc4cc(Cl)ccc4s3)c2)cc(OC)c1OC. The van der Waals surface area contributed by atoms with E-state index >= 15 is 0 Å². The third kappa shape index (κ3) is 6.24. The fraction of sp³-hybridized carbons (Fsp3) is 0.179. The molecule has 0 saturated heterocycles. The molecular formula is C28H25ClN2O6S. The number of benzene rings is 3. The lowest BCUT2D eigenvalue weighted by Gasteiger charge is -2.13. The van der Waals surface area contributed by atoms with Crippen molar-refractivity contribution in [2.24, 2.45) is 0 Å². The average molecular weight is 553 g/mol. The maximum absolute atomic E-state index is 12.8. The third-order valence-electron chi connectivity index (χ3n) is 5.54. The van der Waals surface area contributed by atoms with Crippen LogP contribution in [0.5, 0.6) is 23.0 Å². The lowest BCUT2D eigenvalue weighted by atomic mass is 10.1. The van der Waals surface area contributed by atoms with Gasteiger partial charge in [-0.1, -0.05) is 41.1 Å². The lowest BCUT2D eigenvalue weighted by molar-refractivity contribution is -0.118. The first-order valence-electron chi connectivity index (χ1n) is 11.4. The Bertz CT molecular complexity index is 1510. The summed E-state index contributed by atoms with van der Waals surface area (Å²) in [6.07, 6.45) is 3.12. The molecule has 0 unspecified atom stereocenters. The fourth-order valence-electron chi connectivity index (χ4n) is 3.62. The van der Waals surface area contributed by atoms with E-state index in [0.717, 1.165) is 21.3 Å². The average Bonchev–Trinajstić information content (AvgIpc) is 3.31. The number of nitrogens with one attached hydrogen (secondary N) is 1. The summed E-state index contributed by atoms with van der Waals surface area (Å²) in [7, 11) is 4.48. The molecule has 0 saturated carbocycles. The van der Waals surface area contributed by atoms with E-state index in [0.29, 0.717) is 38.7 Å². The summed E-state index contributed by atoms with van der Waals surface area (Å²) in [5.41, 5.74) is 2.68. The number of anilines is 1. The van der Waals surface area contributed by atoms with Gasteiger partial charge in [-0.3, -0.25) is 14.9 Å². The number of rotatable bonds is 10. The van der Waals surface area contributed by atoms with Crippen LogP contribution in [-0.4, -0.2) is 44.6 Å². The number of ketones is 1. The van der Waals surface area contributed by atoms with E-state index in [9.17, 15) is 9.59 Å². The van der Waals surface area contributed by atoms with Gasteiger partial charge >= 0.3 is 0 Å². The van der Waals surface area contributed by atoms with Crippen molar-refractivity contribution in [1.29, 1.82) is 0 Å². The van der Waals surface area contributed by atoms with Gasteiger partial charge in [-0.2, -0.15) is 0 Å². The first kappa shape index (κ1) is 27.0. The predicted molar refractivity (Wildman–Crippen MR) is 149 cm³/mol. The van der Waals surface area contributed by atoms with E-state index in [4.69, 9.17) is 30.5 Å². The van der Waals surface area contributed by atoms with Gasteiger partial charge in [0, 0.05) is 10.6 Å². The zero-order valence-corrected chi connectivity index (χ0v) is 22.7. The monoisotopic (exact) mass is 552 g/mol. The van der Waals surface area contributed by atoms with Gasteiger partial charge in [-0.25, -0.2) is 4.98 Å². The standard InChI is InChI=1S/C28H25ClN2O6S/c1-16-5-6-17(7-9-21(32)18-12-23(34-2)27(36-4)24(13-18)35-3)11-22(16)37-15-26(33)31-28-30-20-14-19(29)8-10-25(20)38-28/h5-14H,15H2,1-4H3,(H,30,31,33)/b9-7+. The number of amides is 1. The molecule has 38 heavy (non-hydrogen) atoms. The van der Waals surface area contributed by atoms with Crippen molar-refractivity contribution in [3.05, 3.63) is 76.3 Å². The summed E-state index contributed by atoms with van der Waals surface area (Å²) in [4.78, 5) is 29.7.